The zero-order valence-electron chi connectivity index (χ0n) is 7.86. The maximum absolute atomic E-state index is 10.9. The van der Waals surface area contributed by atoms with Crippen molar-refractivity contribution in [3.8, 4) is 0 Å². The molecule has 1 unspecified atom stereocenters. The van der Waals surface area contributed by atoms with Gasteiger partial charge in [0.05, 0.1) is 12.1 Å². The molecular formula is C7H11N3O4. The predicted octanol–water partition coefficient (Wildman–Crippen LogP) is -0.276. The molecule has 0 aromatic heterocycles. The van der Waals surface area contributed by atoms with Crippen LogP contribution in [0.25, 0.3) is 0 Å². The van der Waals surface area contributed by atoms with Crippen LogP contribution in [0.4, 0.5) is 0 Å². The molecule has 78 valence electrons. The van der Waals surface area contributed by atoms with Gasteiger partial charge in [-0.15, -0.1) is 0 Å². The van der Waals surface area contributed by atoms with Crippen LogP contribution in [0.3, 0.4) is 0 Å². The summed E-state index contributed by atoms with van der Waals surface area (Å²) in [5, 5.41) is 19.2. The average molecular weight is 201 g/mol. The van der Waals surface area contributed by atoms with Gasteiger partial charge in [-0.1, -0.05) is 0 Å². The van der Waals surface area contributed by atoms with Crippen LogP contribution >= 0.6 is 0 Å². The molecule has 0 aromatic carbocycles. The Labute approximate surface area is 80.1 Å². The Bertz CT molecular complexity index is 287. The molecular weight excluding hydrogens is 190 g/mol. The number of hydrogen-bond donors (Lipinski definition) is 2. The molecule has 7 heteroatoms. The molecule has 0 aliphatic rings. The zero-order chi connectivity index (χ0) is 11.3. The molecule has 2 N–H and O–H groups in total. The van der Waals surface area contributed by atoms with Gasteiger partial charge < -0.3 is 0 Å². The maximum Gasteiger partial charge on any atom is 0.294 e. The van der Waals surface area contributed by atoms with Gasteiger partial charge in [0.1, 0.15) is 5.78 Å². The molecule has 0 aromatic rings. The highest BCUT2D eigenvalue weighted by atomic mass is 16.6. The minimum atomic E-state index is -1.44. The maximum atomic E-state index is 10.9. The third-order valence-corrected chi connectivity index (χ3v) is 1.37. The lowest BCUT2D eigenvalue weighted by molar-refractivity contribution is -0.525. The molecule has 0 saturated carbocycles. The van der Waals surface area contributed by atoms with E-state index in [1.54, 1.807) is 0 Å². The molecule has 0 rings (SSSR count). The number of carbonyl (C=O) groups is 2. The molecule has 0 saturated heterocycles. The number of nitro groups is 1. The van der Waals surface area contributed by atoms with E-state index >= 15 is 0 Å². The van der Waals surface area contributed by atoms with E-state index < -0.39 is 22.8 Å². The highest BCUT2D eigenvalue weighted by molar-refractivity contribution is 6.36. The monoisotopic (exact) mass is 201 g/mol. The van der Waals surface area contributed by atoms with Crippen molar-refractivity contribution in [3.05, 3.63) is 10.1 Å². The first kappa shape index (κ1) is 12.2. The molecule has 0 aliphatic carbocycles. The summed E-state index contributed by atoms with van der Waals surface area (Å²) in [5.41, 5.74) is -0.333. The lowest BCUT2D eigenvalue weighted by atomic mass is 10.2. The second-order valence-corrected chi connectivity index (χ2v) is 2.81. The number of hydrogen-bond acceptors (Lipinski definition) is 5. The summed E-state index contributed by atoms with van der Waals surface area (Å²) in [7, 11) is 0. The van der Waals surface area contributed by atoms with Crippen molar-refractivity contribution < 1.29 is 14.5 Å². The molecule has 1 atom stereocenters. The highest BCUT2D eigenvalue weighted by Crippen LogP contribution is 1.94. The quantitative estimate of drug-likeness (QED) is 0.275. The summed E-state index contributed by atoms with van der Waals surface area (Å²) < 4.78 is 0. The Morgan fingerprint density at radius 2 is 2.00 bits per heavy atom. The Morgan fingerprint density at radius 1 is 1.50 bits per heavy atom. The SMILES string of the molecule is CC(=N)C(=O)NC(CC(C)=O)[N+](=O)[O-]. The summed E-state index contributed by atoms with van der Waals surface area (Å²) in [6.07, 6.45) is -1.81. The van der Waals surface area contributed by atoms with Crippen molar-refractivity contribution in [2.75, 3.05) is 0 Å². The summed E-state index contributed by atoms with van der Waals surface area (Å²) in [4.78, 5) is 31.1. The zero-order valence-corrected chi connectivity index (χ0v) is 7.86. The van der Waals surface area contributed by atoms with Gasteiger partial charge in [-0.2, -0.15) is 0 Å². The molecule has 0 fully saturated rings. The van der Waals surface area contributed by atoms with Crippen LogP contribution in [0.15, 0.2) is 0 Å². The topological polar surface area (TPSA) is 113 Å². The smallest absolute Gasteiger partial charge is 0.294 e. The standard InChI is InChI=1S/C7H11N3O4/c1-4(11)3-6(10(13)14)9-7(12)5(2)8/h6,8H,3H2,1-2H3,(H,9,12). The van der Waals surface area contributed by atoms with Gasteiger partial charge in [-0.3, -0.25) is 30.4 Å². The van der Waals surface area contributed by atoms with Crippen LogP contribution in [-0.4, -0.2) is 28.5 Å². The Hall–Kier alpha value is -1.79. The van der Waals surface area contributed by atoms with Crippen LogP contribution in [0.1, 0.15) is 20.3 Å². The van der Waals surface area contributed by atoms with Crippen molar-refractivity contribution in [1.29, 1.82) is 5.41 Å². The van der Waals surface area contributed by atoms with Gasteiger partial charge >= 0.3 is 0 Å². The largest absolute Gasteiger partial charge is 0.300 e. The second-order valence-electron chi connectivity index (χ2n) is 2.81. The first-order valence-corrected chi connectivity index (χ1v) is 3.83. The minimum absolute atomic E-state index is 0.333. The molecule has 0 aliphatic heterocycles. The molecule has 1 amide bonds. The van der Waals surface area contributed by atoms with Gasteiger partial charge in [0.25, 0.3) is 12.1 Å². The highest BCUT2D eigenvalue weighted by Gasteiger charge is 2.24. The molecule has 7 nitrogen and oxygen atoms in total. The van der Waals surface area contributed by atoms with Crippen molar-refractivity contribution in [1.82, 2.24) is 5.32 Å². The molecule has 0 bridgehead atoms. The van der Waals surface area contributed by atoms with Crippen LogP contribution in [0, 0.1) is 15.5 Å². The van der Waals surface area contributed by atoms with E-state index in [0.717, 1.165) is 0 Å². The van der Waals surface area contributed by atoms with Crippen LogP contribution in [-0.2, 0) is 9.59 Å². The first-order chi connectivity index (χ1) is 6.34. The van der Waals surface area contributed by atoms with Crippen molar-refractivity contribution in [2.45, 2.75) is 26.4 Å². The van der Waals surface area contributed by atoms with Gasteiger partial charge in [0.2, 0.25) is 0 Å². The van der Waals surface area contributed by atoms with E-state index in [4.69, 9.17) is 5.41 Å². The molecule has 0 spiro atoms. The van der Waals surface area contributed by atoms with E-state index in [9.17, 15) is 19.7 Å². The predicted molar refractivity (Wildman–Crippen MR) is 47.6 cm³/mol. The third kappa shape index (κ3) is 4.29. The summed E-state index contributed by atoms with van der Waals surface area (Å²) in [6.45, 7) is 2.40. The number of rotatable bonds is 5. The van der Waals surface area contributed by atoms with Crippen LogP contribution < -0.4 is 5.32 Å². The van der Waals surface area contributed by atoms with E-state index in [2.05, 4.69) is 0 Å². The van der Waals surface area contributed by atoms with Crippen LogP contribution in [0.5, 0.6) is 0 Å². The van der Waals surface area contributed by atoms with Crippen molar-refractivity contribution in [2.24, 2.45) is 0 Å². The Morgan fingerprint density at radius 3 is 2.29 bits per heavy atom. The number of nitrogens with zero attached hydrogens (tertiary/aromatic N) is 1. The van der Waals surface area contributed by atoms with Gasteiger partial charge in [0, 0.05) is 4.92 Å². The normalized spacial score (nSPS) is 11.6. The first-order valence-electron chi connectivity index (χ1n) is 3.83. The number of amides is 1. The van der Waals surface area contributed by atoms with E-state index in [1.807, 2.05) is 5.32 Å². The van der Waals surface area contributed by atoms with Crippen LogP contribution in [0.2, 0.25) is 0 Å². The fourth-order valence-corrected chi connectivity index (χ4v) is 0.710. The average Bonchev–Trinajstić information content (AvgIpc) is 2.01. The lowest BCUT2D eigenvalue weighted by Crippen LogP contribution is -2.43. The number of carbonyl (C=O) groups excluding carboxylic acids is 2. The fraction of sp³-hybridized carbons (Fsp3) is 0.571. The molecule has 0 heterocycles. The van der Waals surface area contributed by atoms with Gasteiger partial charge in [-0.25, -0.2) is 0 Å². The van der Waals surface area contributed by atoms with E-state index in [1.165, 1.54) is 13.8 Å². The third-order valence-electron chi connectivity index (χ3n) is 1.37. The summed E-state index contributed by atoms with van der Waals surface area (Å²) in [6, 6.07) is 0. The van der Waals surface area contributed by atoms with Gasteiger partial charge in [-0.05, 0) is 13.8 Å². The molecule has 14 heavy (non-hydrogen) atoms. The number of nitrogens with one attached hydrogen (secondary N) is 2. The van der Waals surface area contributed by atoms with E-state index in [0.29, 0.717) is 0 Å². The Balaban J connectivity index is 4.38. The molecule has 0 radical (unpaired) electrons. The van der Waals surface area contributed by atoms with Crippen molar-refractivity contribution >= 4 is 17.4 Å². The van der Waals surface area contributed by atoms with E-state index in [-0.39, 0.29) is 12.1 Å². The number of Topliss-reactive ketones (excluding diaryl/α,β-unsaturated/α-hetero) is 1. The van der Waals surface area contributed by atoms with Crippen molar-refractivity contribution in [3.63, 3.8) is 0 Å². The Kier molecular flexibility index (Phi) is 4.41. The lowest BCUT2D eigenvalue weighted by Gasteiger charge is -2.08. The fourth-order valence-electron chi connectivity index (χ4n) is 0.710. The second kappa shape index (κ2) is 5.05. The summed E-state index contributed by atoms with van der Waals surface area (Å²) >= 11 is 0. The van der Waals surface area contributed by atoms with Gasteiger partial charge in [0.15, 0.2) is 0 Å². The summed E-state index contributed by atoms with van der Waals surface area (Å²) in [5.74, 6) is -1.23. The number of ketones is 1. The minimum Gasteiger partial charge on any atom is -0.300 e.